The molecule has 0 aromatic carbocycles. The molecule has 0 saturated carbocycles. The van der Waals surface area contributed by atoms with Crippen LogP contribution in [-0.4, -0.2) is 61.3 Å². The molecule has 122 valence electrons. The fourth-order valence-corrected chi connectivity index (χ4v) is 4.14. The normalized spacial score (nSPS) is 24.4. The third-order valence-electron chi connectivity index (χ3n) is 4.60. The molecule has 2 unspecified atom stereocenters. The lowest BCUT2D eigenvalue weighted by Gasteiger charge is -2.33. The summed E-state index contributed by atoms with van der Waals surface area (Å²) in [4.78, 5) is 18.2. The van der Waals surface area contributed by atoms with E-state index in [9.17, 15) is 4.79 Å². The van der Waals surface area contributed by atoms with E-state index in [2.05, 4.69) is 34.7 Å². The molecule has 0 radical (unpaired) electrons. The summed E-state index contributed by atoms with van der Waals surface area (Å²) in [7, 11) is 0. The molecular formula is C16H25N3O2S. The average molecular weight is 323 g/mol. The van der Waals surface area contributed by atoms with E-state index in [1.807, 2.05) is 4.90 Å². The quantitative estimate of drug-likeness (QED) is 0.925. The Morgan fingerprint density at radius 1 is 1.45 bits per heavy atom. The van der Waals surface area contributed by atoms with Gasteiger partial charge in [-0.15, -0.1) is 11.3 Å². The smallest absolute Gasteiger partial charge is 0.317 e. The fourth-order valence-electron chi connectivity index (χ4n) is 3.27. The van der Waals surface area contributed by atoms with Gasteiger partial charge in [0.15, 0.2) is 0 Å². The number of nitrogens with one attached hydrogen (secondary N) is 1. The molecule has 2 aliphatic rings. The summed E-state index contributed by atoms with van der Waals surface area (Å²) in [5, 5.41) is 5.21. The Balaban J connectivity index is 1.50. The lowest BCUT2D eigenvalue weighted by atomic mass is 10.2. The third-order valence-corrected chi connectivity index (χ3v) is 5.58. The van der Waals surface area contributed by atoms with Gasteiger partial charge in [-0.2, -0.15) is 0 Å². The minimum absolute atomic E-state index is 0.0796. The van der Waals surface area contributed by atoms with Crippen molar-refractivity contribution < 1.29 is 9.53 Å². The van der Waals surface area contributed by atoms with Crippen LogP contribution in [0.25, 0.3) is 0 Å². The number of carbonyl (C=O) groups excluding carboxylic acids is 1. The largest absolute Gasteiger partial charge is 0.379 e. The minimum atomic E-state index is 0.0796. The molecule has 2 aliphatic heterocycles. The van der Waals surface area contributed by atoms with Crippen LogP contribution in [0.3, 0.4) is 0 Å². The van der Waals surface area contributed by atoms with E-state index < -0.39 is 0 Å². The third kappa shape index (κ3) is 3.62. The number of hydrogen-bond acceptors (Lipinski definition) is 4. The maximum absolute atomic E-state index is 12.5. The fraction of sp³-hybridized carbons (Fsp3) is 0.688. The molecule has 2 atom stereocenters. The highest BCUT2D eigenvalue weighted by molar-refractivity contribution is 7.10. The van der Waals surface area contributed by atoms with Gasteiger partial charge >= 0.3 is 6.03 Å². The Morgan fingerprint density at radius 2 is 2.27 bits per heavy atom. The SMILES string of the molecule is CC(CNC(=O)N1CCCC1c1cccs1)N1CCOCC1. The summed E-state index contributed by atoms with van der Waals surface area (Å²) < 4.78 is 5.38. The summed E-state index contributed by atoms with van der Waals surface area (Å²) in [6, 6.07) is 4.90. The van der Waals surface area contributed by atoms with Gasteiger partial charge in [-0.3, -0.25) is 4.90 Å². The van der Waals surface area contributed by atoms with Gasteiger partial charge in [0.2, 0.25) is 0 Å². The number of likely N-dealkylation sites (tertiary alicyclic amines) is 1. The number of nitrogens with zero attached hydrogens (tertiary/aromatic N) is 2. The van der Waals surface area contributed by atoms with E-state index in [4.69, 9.17) is 4.74 Å². The van der Waals surface area contributed by atoms with Crippen LogP contribution in [0.2, 0.25) is 0 Å². The number of thiophene rings is 1. The Hall–Kier alpha value is -1.11. The second-order valence-electron chi connectivity index (χ2n) is 6.05. The average Bonchev–Trinajstić information content (AvgIpc) is 3.23. The number of morpholine rings is 1. The number of carbonyl (C=O) groups is 1. The molecule has 22 heavy (non-hydrogen) atoms. The Kier molecular flexibility index (Phi) is 5.33. The zero-order valence-electron chi connectivity index (χ0n) is 13.2. The second-order valence-corrected chi connectivity index (χ2v) is 7.03. The minimum Gasteiger partial charge on any atom is -0.379 e. The molecule has 3 rings (SSSR count). The van der Waals surface area contributed by atoms with E-state index in [0.29, 0.717) is 12.6 Å². The predicted molar refractivity (Wildman–Crippen MR) is 88.3 cm³/mol. The van der Waals surface area contributed by atoms with Crippen LogP contribution in [0, 0.1) is 0 Å². The Labute approximate surface area is 136 Å². The van der Waals surface area contributed by atoms with Gasteiger partial charge in [-0.05, 0) is 31.2 Å². The van der Waals surface area contributed by atoms with Gasteiger partial charge < -0.3 is 15.0 Å². The first-order valence-electron chi connectivity index (χ1n) is 8.15. The number of ether oxygens (including phenoxy) is 1. The van der Waals surface area contributed by atoms with Gasteiger partial charge in [0.25, 0.3) is 0 Å². The molecule has 1 aromatic rings. The Morgan fingerprint density at radius 3 is 3.00 bits per heavy atom. The monoisotopic (exact) mass is 323 g/mol. The van der Waals surface area contributed by atoms with Crippen molar-refractivity contribution in [3.8, 4) is 0 Å². The summed E-state index contributed by atoms with van der Waals surface area (Å²) in [5.41, 5.74) is 0. The topological polar surface area (TPSA) is 44.8 Å². The summed E-state index contributed by atoms with van der Waals surface area (Å²) in [5.74, 6) is 0. The van der Waals surface area contributed by atoms with Crippen molar-refractivity contribution in [3.05, 3.63) is 22.4 Å². The first-order chi connectivity index (χ1) is 10.8. The van der Waals surface area contributed by atoms with Crippen LogP contribution in [0.4, 0.5) is 4.79 Å². The maximum atomic E-state index is 12.5. The number of urea groups is 1. The standard InChI is InChI=1S/C16H25N3O2S/c1-13(18-7-9-21-10-8-18)12-17-16(20)19-6-2-4-14(19)15-5-3-11-22-15/h3,5,11,13-14H,2,4,6-10,12H2,1H3,(H,17,20). The van der Waals surface area contributed by atoms with E-state index in [0.717, 1.165) is 45.7 Å². The summed E-state index contributed by atoms with van der Waals surface area (Å²) >= 11 is 1.74. The molecule has 5 nitrogen and oxygen atoms in total. The molecule has 0 bridgehead atoms. The molecule has 2 amide bonds. The van der Waals surface area contributed by atoms with E-state index in [-0.39, 0.29) is 12.1 Å². The lowest BCUT2D eigenvalue weighted by Crippen LogP contribution is -2.49. The highest BCUT2D eigenvalue weighted by Gasteiger charge is 2.30. The van der Waals surface area contributed by atoms with Crippen LogP contribution in [-0.2, 0) is 4.74 Å². The van der Waals surface area contributed by atoms with E-state index >= 15 is 0 Å². The molecule has 2 saturated heterocycles. The van der Waals surface area contributed by atoms with Gasteiger partial charge in [0.05, 0.1) is 19.3 Å². The Bertz CT molecular complexity index is 474. The van der Waals surface area contributed by atoms with Gasteiger partial charge in [0.1, 0.15) is 0 Å². The number of amides is 2. The van der Waals surface area contributed by atoms with Crippen molar-refractivity contribution in [3.63, 3.8) is 0 Å². The second kappa shape index (κ2) is 7.44. The van der Waals surface area contributed by atoms with Crippen molar-refractivity contribution in [2.24, 2.45) is 0 Å². The zero-order valence-corrected chi connectivity index (χ0v) is 14.0. The molecule has 2 fully saturated rings. The lowest BCUT2D eigenvalue weighted by molar-refractivity contribution is 0.0206. The van der Waals surface area contributed by atoms with Crippen LogP contribution in [0.15, 0.2) is 17.5 Å². The van der Waals surface area contributed by atoms with Crippen molar-refractivity contribution in [2.75, 3.05) is 39.4 Å². The first kappa shape index (κ1) is 15.8. The van der Waals surface area contributed by atoms with Crippen LogP contribution >= 0.6 is 11.3 Å². The van der Waals surface area contributed by atoms with Crippen LogP contribution in [0.1, 0.15) is 30.7 Å². The number of hydrogen-bond donors (Lipinski definition) is 1. The zero-order chi connectivity index (χ0) is 15.4. The highest BCUT2D eigenvalue weighted by Crippen LogP contribution is 2.34. The molecule has 1 aromatic heterocycles. The van der Waals surface area contributed by atoms with Gasteiger partial charge in [-0.1, -0.05) is 6.07 Å². The predicted octanol–water partition coefficient (Wildman–Crippen LogP) is 2.32. The van der Waals surface area contributed by atoms with Gasteiger partial charge in [0, 0.05) is 37.1 Å². The molecule has 0 spiro atoms. The van der Waals surface area contributed by atoms with Gasteiger partial charge in [-0.25, -0.2) is 4.79 Å². The van der Waals surface area contributed by atoms with E-state index in [1.54, 1.807) is 11.3 Å². The van der Waals surface area contributed by atoms with Crippen molar-refractivity contribution >= 4 is 17.4 Å². The van der Waals surface area contributed by atoms with Crippen LogP contribution < -0.4 is 5.32 Å². The van der Waals surface area contributed by atoms with Crippen molar-refractivity contribution in [2.45, 2.75) is 31.8 Å². The maximum Gasteiger partial charge on any atom is 0.317 e. The molecule has 1 N–H and O–H groups in total. The molecular weight excluding hydrogens is 298 g/mol. The first-order valence-corrected chi connectivity index (χ1v) is 9.03. The van der Waals surface area contributed by atoms with Crippen molar-refractivity contribution in [1.29, 1.82) is 0 Å². The van der Waals surface area contributed by atoms with Crippen LogP contribution in [0.5, 0.6) is 0 Å². The highest BCUT2D eigenvalue weighted by atomic mass is 32.1. The van der Waals surface area contributed by atoms with Crippen molar-refractivity contribution in [1.82, 2.24) is 15.1 Å². The molecule has 3 heterocycles. The molecule has 6 heteroatoms. The summed E-state index contributed by atoms with van der Waals surface area (Å²) in [6.45, 7) is 7.24. The number of rotatable bonds is 4. The molecule has 0 aliphatic carbocycles. The summed E-state index contributed by atoms with van der Waals surface area (Å²) in [6.07, 6.45) is 2.17. The van der Waals surface area contributed by atoms with E-state index in [1.165, 1.54) is 4.88 Å².